The number of hydrogen-bond donors (Lipinski definition) is 3. The van der Waals surface area contributed by atoms with Crippen molar-refractivity contribution in [3.05, 3.63) is 54.4 Å². The van der Waals surface area contributed by atoms with Crippen LogP contribution in [0.2, 0.25) is 0 Å². The molecule has 14 heteroatoms. The molecule has 1 saturated heterocycles. The molecule has 6 rings (SSSR count). The van der Waals surface area contributed by atoms with Gasteiger partial charge in [-0.25, -0.2) is 33.5 Å². The Labute approximate surface area is 209 Å². The lowest BCUT2D eigenvalue weighted by molar-refractivity contribution is 0.324. The molecule has 1 aliphatic rings. The Morgan fingerprint density at radius 1 is 1.19 bits per heavy atom. The number of aromatic amines is 1. The number of sulfonamides is 1. The Morgan fingerprint density at radius 2 is 2.11 bits per heavy atom. The van der Waals surface area contributed by atoms with E-state index in [0.29, 0.717) is 30.3 Å². The van der Waals surface area contributed by atoms with Gasteiger partial charge in [0.15, 0.2) is 4.96 Å². The summed E-state index contributed by atoms with van der Waals surface area (Å²) in [6.07, 6.45) is 6.22. The van der Waals surface area contributed by atoms with Crippen molar-refractivity contribution in [2.75, 3.05) is 18.4 Å². The maximum atomic E-state index is 12.9. The second-order valence-electron chi connectivity index (χ2n) is 8.32. The third-order valence-electron chi connectivity index (χ3n) is 5.97. The highest BCUT2D eigenvalue weighted by atomic mass is 32.2. The van der Waals surface area contributed by atoms with Gasteiger partial charge in [-0.05, 0) is 31.0 Å². The highest BCUT2D eigenvalue weighted by Crippen LogP contribution is 2.34. The van der Waals surface area contributed by atoms with Crippen LogP contribution in [-0.2, 0) is 10.0 Å². The SMILES string of the molecule is O=S(=O)(c1ncn[nH]1)N1CCC[C@@H](Nc2nccc(-c3c(-c4cccc(O)c4)nc4sccn34)n2)C1. The zero-order valence-electron chi connectivity index (χ0n) is 18.8. The number of aromatic hydroxyl groups is 1. The van der Waals surface area contributed by atoms with Crippen LogP contribution in [0.25, 0.3) is 27.6 Å². The molecular weight excluding hydrogens is 502 g/mol. The van der Waals surface area contributed by atoms with E-state index in [1.165, 1.54) is 22.0 Å². The van der Waals surface area contributed by atoms with Crippen molar-refractivity contribution in [3.63, 3.8) is 0 Å². The van der Waals surface area contributed by atoms with Gasteiger partial charge in [0.1, 0.15) is 17.8 Å². The van der Waals surface area contributed by atoms with E-state index >= 15 is 0 Å². The molecule has 12 nitrogen and oxygen atoms in total. The smallest absolute Gasteiger partial charge is 0.278 e. The third kappa shape index (κ3) is 4.08. The molecule has 0 spiro atoms. The monoisotopic (exact) mass is 523 g/mol. The van der Waals surface area contributed by atoms with E-state index in [-0.39, 0.29) is 23.5 Å². The van der Waals surface area contributed by atoms with Gasteiger partial charge < -0.3 is 10.4 Å². The molecule has 5 heterocycles. The van der Waals surface area contributed by atoms with Gasteiger partial charge in [-0.15, -0.1) is 11.3 Å². The van der Waals surface area contributed by atoms with Crippen molar-refractivity contribution >= 4 is 32.3 Å². The summed E-state index contributed by atoms with van der Waals surface area (Å²) in [5.74, 6) is 0.547. The van der Waals surface area contributed by atoms with Crippen molar-refractivity contribution in [1.82, 2.24) is 38.8 Å². The summed E-state index contributed by atoms with van der Waals surface area (Å²) in [6, 6.07) is 8.58. The molecule has 0 unspecified atom stereocenters. The van der Waals surface area contributed by atoms with E-state index in [0.717, 1.165) is 22.6 Å². The summed E-state index contributed by atoms with van der Waals surface area (Å²) in [4.78, 5) is 18.5. The van der Waals surface area contributed by atoms with Gasteiger partial charge in [0.2, 0.25) is 5.95 Å². The van der Waals surface area contributed by atoms with E-state index in [2.05, 4.69) is 25.5 Å². The van der Waals surface area contributed by atoms with Crippen molar-refractivity contribution in [2.24, 2.45) is 0 Å². The fourth-order valence-electron chi connectivity index (χ4n) is 4.35. The number of nitrogens with zero attached hydrogens (tertiary/aromatic N) is 7. The summed E-state index contributed by atoms with van der Waals surface area (Å²) in [7, 11) is -3.75. The number of rotatable bonds is 6. The number of aromatic nitrogens is 7. The summed E-state index contributed by atoms with van der Waals surface area (Å²) in [5, 5.41) is 21.2. The highest BCUT2D eigenvalue weighted by Gasteiger charge is 2.32. The third-order valence-corrected chi connectivity index (χ3v) is 8.43. The molecule has 0 radical (unpaired) electrons. The minimum absolute atomic E-state index is 0.155. The average Bonchev–Trinajstić information content (AvgIpc) is 3.62. The lowest BCUT2D eigenvalue weighted by Crippen LogP contribution is -2.45. The number of piperidine rings is 1. The van der Waals surface area contributed by atoms with Crippen LogP contribution >= 0.6 is 11.3 Å². The molecule has 3 N–H and O–H groups in total. The Hall–Kier alpha value is -3.88. The molecule has 184 valence electrons. The van der Waals surface area contributed by atoms with Crippen LogP contribution in [0.4, 0.5) is 5.95 Å². The lowest BCUT2D eigenvalue weighted by atomic mass is 10.1. The second kappa shape index (κ2) is 8.96. The van der Waals surface area contributed by atoms with Gasteiger partial charge in [-0.1, -0.05) is 12.1 Å². The van der Waals surface area contributed by atoms with Gasteiger partial charge in [-0.2, -0.15) is 9.40 Å². The molecule has 0 bridgehead atoms. The number of nitrogens with one attached hydrogen (secondary N) is 2. The van der Waals surface area contributed by atoms with E-state index in [9.17, 15) is 13.5 Å². The van der Waals surface area contributed by atoms with E-state index < -0.39 is 10.0 Å². The quantitative estimate of drug-likeness (QED) is 0.305. The number of imidazole rings is 1. The molecule has 36 heavy (non-hydrogen) atoms. The van der Waals surface area contributed by atoms with Gasteiger partial charge >= 0.3 is 0 Å². The highest BCUT2D eigenvalue weighted by molar-refractivity contribution is 7.88. The van der Waals surface area contributed by atoms with Crippen LogP contribution in [0.1, 0.15) is 12.8 Å². The minimum atomic E-state index is -3.75. The van der Waals surface area contributed by atoms with Gasteiger partial charge in [-0.3, -0.25) is 4.40 Å². The van der Waals surface area contributed by atoms with Crippen LogP contribution in [0.3, 0.4) is 0 Å². The first-order chi connectivity index (χ1) is 17.5. The Balaban J connectivity index is 1.30. The summed E-state index contributed by atoms with van der Waals surface area (Å²) in [5.41, 5.74) is 2.90. The summed E-state index contributed by atoms with van der Waals surface area (Å²) >= 11 is 1.51. The Kier molecular flexibility index (Phi) is 5.62. The van der Waals surface area contributed by atoms with Crippen molar-refractivity contribution in [1.29, 1.82) is 0 Å². The van der Waals surface area contributed by atoms with Gasteiger partial charge in [0.25, 0.3) is 15.2 Å². The maximum Gasteiger partial charge on any atom is 0.278 e. The Morgan fingerprint density at radius 3 is 2.94 bits per heavy atom. The Bertz CT molecular complexity index is 1630. The zero-order chi connectivity index (χ0) is 24.7. The number of hydrogen-bond acceptors (Lipinski definition) is 10. The predicted octanol–water partition coefficient (Wildman–Crippen LogP) is 2.61. The van der Waals surface area contributed by atoms with E-state index in [4.69, 9.17) is 9.97 Å². The molecule has 0 saturated carbocycles. The second-order valence-corrected chi connectivity index (χ2v) is 11.0. The minimum Gasteiger partial charge on any atom is -0.508 e. The number of phenols is 1. The van der Waals surface area contributed by atoms with Crippen LogP contribution in [0.15, 0.2) is 59.6 Å². The van der Waals surface area contributed by atoms with Crippen LogP contribution in [0.5, 0.6) is 5.75 Å². The molecule has 1 aliphatic heterocycles. The topological polar surface area (TPSA) is 154 Å². The first-order valence-electron chi connectivity index (χ1n) is 11.2. The van der Waals surface area contributed by atoms with Crippen LogP contribution in [-0.4, -0.2) is 71.5 Å². The molecule has 0 amide bonds. The van der Waals surface area contributed by atoms with E-state index in [1.807, 2.05) is 22.0 Å². The fourth-order valence-corrected chi connectivity index (χ4v) is 6.40. The number of H-pyrrole nitrogens is 1. The van der Waals surface area contributed by atoms with Gasteiger partial charge in [0.05, 0.1) is 11.4 Å². The van der Waals surface area contributed by atoms with Crippen molar-refractivity contribution in [2.45, 2.75) is 24.0 Å². The molecule has 0 aliphatic carbocycles. The zero-order valence-corrected chi connectivity index (χ0v) is 20.4. The largest absolute Gasteiger partial charge is 0.508 e. The number of fused-ring (bicyclic) bond motifs is 1. The summed E-state index contributed by atoms with van der Waals surface area (Å²) < 4.78 is 29.1. The summed E-state index contributed by atoms with van der Waals surface area (Å²) in [6.45, 7) is 0.661. The number of benzene rings is 1. The molecule has 4 aromatic heterocycles. The van der Waals surface area contributed by atoms with Crippen LogP contribution in [0, 0.1) is 0 Å². The molecule has 1 fully saturated rings. The number of phenolic OH excluding ortho intramolecular Hbond substituents is 1. The van der Waals surface area contributed by atoms with Crippen LogP contribution < -0.4 is 5.32 Å². The fraction of sp³-hybridized carbons (Fsp3) is 0.227. The van der Waals surface area contributed by atoms with Crippen molar-refractivity contribution < 1.29 is 13.5 Å². The van der Waals surface area contributed by atoms with E-state index in [1.54, 1.807) is 30.5 Å². The molecule has 1 atom stereocenters. The van der Waals surface area contributed by atoms with Crippen molar-refractivity contribution in [3.8, 4) is 28.4 Å². The van der Waals surface area contributed by atoms with Gasteiger partial charge in [0, 0.05) is 42.5 Å². The predicted molar refractivity (Wildman–Crippen MR) is 133 cm³/mol. The number of thiazole rings is 1. The normalized spacial score (nSPS) is 16.9. The first kappa shape index (κ1) is 22.6. The molecule has 5 aromatic rings. The molecular formula is C22H21N9O3S2. The standard InChI is InChI=1S/C22H21N9O3S2/c32-16-5-1-3-14(11-16)18-19(31-9-10-35-22(31)28-18)17-6-7-23-20(27-17)26-15-4-2-8-30(12-15)36(33,34)21-24-13-25-29-21/h1,3,5-7,9-11,13,15,32H,2,4,8,12H2,(H,23,26,27)(H,24,25,29)/t15-/m1/s1. The molecule has 1 aromatic carbocycles. The first-order valence-corrected chi connectivity index (χ1v) is 13.5. The average molecular weight is 524 g/mol. The number of anilines is 1. The lowest BCUT2D eigenvalue weighted by Gasteiger charge is -2.31. The maximum absolute atomic E-state index is 12.9.